The second kappa shape index (κ2) is 9.26. The molecular formula is C11H22IN5. The Bertz CT molecular complexity index is 308. The Hall–Kier alpha value is -0.790. The molecule has 0 aromatic carbocycles. The fourth-order valence-corrected chi connectivity index (χ4v) is 1.29. The quantitative estimate of drug-likeness (QED) is 0.480. The van der Waals surface area contributed by atoms with Crippen LogP contribution >= 0.6 is 24.0 Å². The van der Waals surface area contributed by atoms with Crippen LogP contribution < -0.4 is 10.6 Å². The maximum absolute atomic E-state index is 4.47. The van der Waals surface area contributed by atoms with E-state index < -0.39 is 0 Å². The summed E-state index contributed by atoms with van der Waals surface area (Å²) in [6.07, 6.45) is 5.53. The van der Waals surface area contributed by atoms with Gasteiger partial charge in [-0.1, -0.05) is 0 Å². The Morgan fingerprint density at radius 1 is 1.47 bits per heavy atom. The standard InChI is InChI=1S/C11H21N5.HI/c1-4-13-11(15-10(2)3)14-6-8-16-7-5-12-9-16;/h5,7,9-10H,4,6,8H2,1-3H3,(H2,13,14,15);1H. The van der Waals surface area contributed by atoms with Crippen molar-refractivity contribution in [3.8, 4) is 0 Å². The number of rotatable bonds is 5. The molecule has 0 aliphatic heterocycles. The van der Waals surface area contributed by atoms with Gasteiger partial charge in [-0.25, -0.2) is 4.98 Å². The zero-order valence-corrected chi connectivity index (χ0v) is 13.0. The first-order valence-electron chi connectivity index (χ1n) is 5.73. The Morgan fingerprint density at radius 2 is 2.24 bits per heavy atom. The zero-order valence-electron chi connectivity index (χ0n) is 10.7. The van der Waals surface area contributed by atoms with Crippen molar-refractivity contribution >= 4 is 29.9 Å². The molecule has 98 valence electrons. The second-order valence-corrected chi connectivity index (χ2v) is 3.86. The van der Waals surface area contributed by atoms with Crippen LogP contribution in [-0.4, -0.2) is 34.6 Å². The van der Waals surface area contributed by atoms with Crippen molar-refractivity contribution in [3.05, 3.63) is 18.7 Å². The van der Waals surface area contributed by atoms with Gasteiger partial charge in [0.25, 0.3) is 0 Å². The van der Waals surface area contributed by atoms with E-state index in [1.165, 1.54) is 0 Å². The fraction of sp³-hybridized carbons (Fsp3) is 0.636. The molecule has 0 spiro atoms. The zero-order chi connectivity index (χ0) is 11.8. The average Bonchev–Trinajstić information content (AvgIpc) is 2.70. The first-order chi connectivity index (χ1) is 7.72. The molecule has 2 N–H and O–H groups in total. The van der Waals surface area contributed by atoms with Crippen LogP contribution in [0.1, 0.15) is 20.8 Å². The highest BCUT2D eigenvalue weighted by atomic mass is 127. The minimum atomic E-state index is 0. The van der Waals surface area contributed by atoms with E-state index >= 15 is 0 Å². The monoisotopic (exact) mass is 351 g/mol. The number of imidazole rings is 1. The van der Waals surface area contributed by atoms with Crippen molar-refractivity contribution in [1.82, 2.24) is 20.2 Å². The molecule has 1 rings (SSSR count). The summed E-state index contributed by atoms with van der Waals surface area (Å²) in [4.78, 5) is 8.46. The topological polar surface area (TPSA) is 54.2 Å². The molecule has 1 aromatic rings. The van der Waals surface area contributed by atoms with E-state index in [9.17, 15) is 0 Å². The van der Waals surface area contributed by atoms with Gasteiger partial charge in [0, 0.05) is 31.5 Å². The molecule has 0 atom stereocenters. The smallest absolute Gasteiger partial charge is 0.191 e. The highest BCUT2D eigenvalue weighted by molar-refractivity contribution is 14.0. The summed E-state index contributed by atoms with van der Waals surface area (Å²) >= 11 is 0. The van der Waals surface area contributed by atoms with Gasteiger partial charge in [-0.15, -0.1) is 24.0 Å². The van der Waals surface area contributed by atoms with E-state index in [0.29, 0.717) is 6.04 Å². The molecule has 0 radical (unpaired) electrons. The van der Waals surface area contributed by atoms with Crippen LogP contribution in [-0.2, 0) is 6.54 Å². The van der Waals surface area contributed by atoms with Crippen molar-refractivity contribution in [1.29, 1.82) is 0 Å². The summed E-state index contributed by atoms with van der Waals surface area (Å²) in [5, 5.41) is 6.48. The number of aromatic nitrogens is 2. The van der Waals surface area contributed by atoms with Gasteiger partial charge in [0.15, 0.2) is 5.96 Å². The maximum atomic E-state index is 4.47. The van der Waals surface area contributed by atoms with Gasteiger partial charge in [-0.05, 0) is 20.8 Å². The number of nitrogens with one attached hydrogen (secondary N) is 2. The number of aliphatic imine (C=N–C) groups is 1. The molecule has 0 amide bonds. The van der Waals surface area contributed by atoms with Gasteiger partial charge in [0.2, 0.25) is 0 Å². The summed E-state index contributed by atoms with van der Waals surface area (Å²) in [7, 11) is 0. The van der Waals surface area contributed by atoms with Gasteiger partial charge < -0.3 is 15.2 Å². The first-order valence-corrected chi connectivity index (χ1v) is 5.73. The van der Waals surface area contributed by atoms with E-state index in [2.05, 4.69) is 41.4 Å². The largest absolute Gasteiger partial charge is 0.357 e. The molecule has 0 aliphatic rings. The van der Waals surface area contributed by atoms with E-state index in [1.54, 1.807) is 12.5 Å². The van der Waals surface area contributed by atoms with Crippen molar-refractivity contribution in [2.75, 3.05) is 13.1 Å². The molecule has 0 unspecified atom stereocenters. The van der Waals surface area contributed by atoms with Gasteiger partial charge in [0.1, 0.15) is 0 Å². The SMILES string of the molecule is CCNC(=NCCn1ccnc1)NC(C)C.I. The summed E-state index contributed by atoms with van der Waals surface area (Å²) in [6.45, 7) is 8.75. The highest BCUT2D eigenvalue weighted by Crippen LogP contribution is 1.86. The molecule has 1 aromatic heterocycles. The molecule has 5 nitrogen and oxygen atoms in total. The minimum absolute atomic E-state index is 0. The second-order valence-electron chi connectivity index (χ2n) is 3.86. The Kier molecular flexibility index (Phi) is 8.83. The summed E-state index contributed by atoms with van der Waals surface area (Å²) in [5.74, 6) is 0.873. The van der Waals surface area contributed by atoms with Crippen molar-refractivity contribution in [2.45, 2.75) is 33.4 Å². The molecule has 0 saturated carbocycles. The van der Waals surface area contributed by atoms with E-state index in [4.69, 9.17) is 0 Å². The predicted molar refractivity (Wildman–Crippen MR) is 81.9 cm³/mol. The summed E-state index contributed by atoms with van der Waals surface area (Å²) in [5.41, 5.74) is 0. The third-order valence-electron chi connectivity index (χ3n) is 1.96. The Labute approximate surface area is 120 Å². The Morgan fingerprint density at radius 3 is 2.76 bits per heavy atom. The highest BCUT2D eigenvalue weighted by Gasteiger charge is 1.98. The number of nitrogens with zero attached hydrogens (tertiary/aromatic N) is 3. The minimum Gasteiger partial charge on any atom is -0.357 e. The van der Waals surface area contributed by atoms with Crippen LogP contribution in [0, 0.1) is 0 Å². The fourth-order valence-electron chi connectivity index (χ4n) is 1.29. The molecule has 0 saturated heterocycles. The Balaban J connectivity index is 0.00000256. The lowest BCUT2D eigenvalue weighted by Gasteiger charge is -2.13. The van der Waals surface area contributed by atoms with Crippen LogP contribution in [0.25, 0.3) is 0 Å². The molecule has 17 heavy (non-hydrogen) atoms. The van der Waals surface area contributed by atoms with E-state index in [0.717, 1.165) is 25.6 Å². The average molecular weight is 351 g/mol. The molecular weight excluding hydrogens is 329 g/mol. The number of guanidine groups is 1. The number of halogens is 1. The molecule has 0 fully saturated rings. The van der Waals surface area contributed by atoms with E-state index in [1.807, 2.05) is 10.8 Å². The third kappa shape index (κ3) is 7.19. The molecule has 0 aliphatic carbocycles. The summed E-state index contributed by atoms with van der Waals surface area (Å²) < 4.78 is 2.02. The molecule has 0 bridgehead atoms. The lowest BCUT2D eigenvalue weighted by atomic mass is 10.4. The van der Waals surface area contributed by atoms with Gasteiger partial charge >= 0.3 is 0 Å². The van der Waals surface area contributed by atoms with E-state index in [-0.39, 0.29) is 24.0 Å². The van der Waals surface area contributed by atoms with Gasteiger partial charge in [0.05, 0.1) is 12.9 Å². The van der Waals surface area contributed by atoms with Crippen LogP contribution in [0.5, 0.6) is 0 Å². The van der Waals surface area contributed by atoms with Gasteiger partial charge in [-0.2, -0.15) is 0 Å². The number of hydrogen-bond acceptors (Lipinski definition) is 2. The third-order valence-corrected chi connectivity index (χ3v) is 1.96. The van der Waals surface area contributed by atoms with Crippen LogP contribution in [0.15, 0.2) is 23.7 Å². The lowest BCUT2D eigenvalue weighted by Crippen LogP contribution is -2.41. The lowest BCUT2D eigenvalue weighted by molar-refractivity contribution is 0.676. The van der Waals surface area contributed by atoms with Crippen LogP contribution in [0.2, 0.25) is 0 Å². The first kappa shape index (κ1) is 16.2. The summed E-state index contributed by atoms with van der Waals surface area (Å²) in [6, 6.07) is 0.394. The number of hydrogen-bond donors (Lipinski definition) is 2. The van der Waals surface area contributed by atoms with Crippen molar-refractivity contribution in [3.63, 3.8) is 0 Å². The molecule has 1 heterocycles. The predicted octanol–water partition coefficient (Wildman–Crippen LogP) is 1.46. The van der Waals surface area contributed by atoms with Gasteiger partial charge in [-0.3, -0.25) is 4.99 Å². The van der Waals surface area contributed by atoms with Crippen LogP contribution in [0.3, 0.4) is 0 Å². The van der Waals surface area contributed by atoms with Crippen LogP contribution in [0.4, 0.5) is 0 Å². The normalized spacial score (nSPS) is 11.2. The molecule has 6 heteroatoms. The maximum Gasteiger partial charge on any atom is 0.191 e. The van der Waals surface area contributed by atoms with Crippen molar-refractivity contribution in [2.24, 2.45) is 4.99 Å². The van der Waals surface area contributed by atoms with Crippen molar-refractivity contribution < 1.29 is 0 Å².